The first-order valence-electron chi connectivity index (χ1n) is 4.54. The molecule has 0 bridgehead atoms. The van der Waals surface area contributed by atoms with Gasteiger partial charge >= 0.3 is 5.97 Å². The van der Waals surface area contributed by atoms with E-state index in [9.17, 15) is 14.9 Å². The van der Waals surface area contributed by atoms with Crippen LogP contribution in [0.1, 0.15) is 15.9 Å². The van der Waals surface area contributed by atoms with Gasteiger partial charge in [0.1, 0.15) is 11.3 Å². The van der Waals surface area contributed by atoms with Gasteiger partial charge in [0.2, 0.25) is 0 Å². The Kier molecular flexibility index (Phi) is 4.45. The molecule has 0 saturated carbocycles. The second-order valence-electron chi connectivity index (χ2n) is 3.06. The summed E-state index contributed by atoms with van der Waals surface area (Å²) in [6, 6.07) is 2.60. The highest BCUT2D eigenvalue weighted by atomic mass is 79.9. The Hall–Kier alpha value is -1.63. The van der Waals surface area contributed by atoms with E-state index in [0.29, 0.717) is 16.6 Å². The molecule has 7 heteroatoms. The normalized spacial score (nSPS) is 9.82. The van der Waals surface area contributed by atoms with Gasteiger partial charge in [-0.3, -0.25) is 10.1 Å². The average Bonchev–Trinajstić information content (AvgIpc) is 2.35. The van der Waals surface area contributed by atoms with E-state index in [1.54, 1.807) is 0 Å². The van der Waals surface area contributed by atoms with Gasteiger partial charge in [0.25, 0.3) is 5.69 Å². The average molecular weight is 304 g/mol. The monoisotopic (exact) mass is 303 g/mol. The Bertz CT molecular complexity index is 460. The number of rotatable bonds is 4. The van der Waals surface area contributed by atoms with Crippen LogP contribution in [0.15, 0.2) is 12.1 Å². The highest BCUT2D eigenvalue weighted by Crippen LogP contribution is 2.30. The Balaban J connectivity index is 3.45. The number of carbonyl (C=O) groups is 1. The van der Waals surface area contributed by atoms with Gasteiger partial charge in [-0.25, -0.2) is 4.79 Å². The number of halogens is 1. The van der Waals surface area contributed by atoms with Crippen molar-refractivity contribution in [3.05, 3.63) is 33.4 Å². The number of esters is 1. The standard InChI is InChI=1S/C10H10BrNO5/c1-16-9-4-8(12(14)15)7(10(13)17-2)3-6(9)5-11/h3-4H,5H2,1-2H3. The van der Waals surface area contributed by atoms with Crippen molar-refractivity contribution in [2.75, 3.05) is 14.2 Å². The van der Waals surface area contributed by atoms with Crippen LogP contribution in [0.4, 0.5) is 5.69 Å². The fourth-order valence-corrected chi connectivity index (χ4v) is 1.77. The van der Waals surface area contributed by atoms with E-state index in [0.717, 1.165) is 0 Å². The number of ether oxygens (including phenoxy) is 2. The topological polar surface area (TPSA) is 78.7 Å². The van der Waals surface area contributed by atoms with Crippen molar-refractivity contribution < 1.29 is 19.2 Å². The summed E-state index contributed by atoms with van der Waals surface area (Å²) < 4.78 is 9.51. The maximum Gasteiger partial charge on any atom is 0.344 e. The molecule has 1 aromatic rings. The second-order valence-corrected chi connectivity index (χ2v) is 3.62. The Morgan fingerprint density at radius 1 is 1.47 bits per heavy atom. The number of nitro groups is 1. The molecule has 0 aromatic heterocycles. The van der Waals surface area contributed by atoms with E-state index in [4.69, 9.17) is 4.74 Å². The van der Waals surface area contributed by atoms with Crippen LogP contribution in [0, 0.1) is 10.1 Å². The van der Waals surface area contributed by atoms with Gasteiger partial charge in [-0.15, -0.1) is 0 Å². The van der Waals surface area contributed by atoms with Crippen LogP contribution in [0.25, 0.3) is 0 Å². The van der Waals surface area contributed by atoms with Crippen molar-refractivity contribution in [1.29, 1.82) is 0 Å². The lowest BCUT2D eigenvalue weighted by Gasteiger charge is -2.08. The molecule has 92 valence electrons. The summed E-state index contributed by atoms with van der Waals surface area (Å²) in [5, 5.41) is 11.3. The van der Waals surface area contributed by atoms with Crippen molar-refractivity contribution in [1.82, 2.24) is 0 Å². The predicted molar refractivity (Wildman–Crippen MR) is 63.6 cm³/mol. The smallest absolute Gasteiger partial charge is 0.344 e. The molecule has 0 unspecified atom stereocenters. The van der Waals surface area contributed by atoms with Crippen LogP contribution in [-0.2, 0) is 10.1 Å². The first-order valence-corrected chi connectivity index (χ1v) is 5.66. The third-order valence-corrected chi connectivity index (χ3v) is 2.75. The predicted octanol–water partition coefficient (Wildman–Crippen LogP) is 2.28. The number of methoxy groups -OCH3 is 2. The minimum absolute atomic E-state index is 0.0900. The lowest BCUT2D eigenvalue weighted by Crippen LogP contribution is -2.07. The van der Waals surface area contributed by atoms with Gasteiger partial charge in [-0.2, -0.15) is 0 Å². The molecular weight excluding hydrogens is 294 g/mol. The first-order chi connectivity index (χ1) is 8.04. The zero-order valence-corrected chi connectivity index (χ0v) is 10.8. The number of hydrogen-bond acceptors (Lipinski definition) is 5. The minimum atomic E-state index is -0.749. The number of alkyl halides is 1. The number of hydrogen-bond donors (Lipinski definition) is 0. The molecule has 1 aromatic carbocycles. The lowest BCUT2D eigenvalue weighted by molar-refractivity contribution is -0.385. The van der Waals surface area contributed by atoms with Crippen molar-refractivity contribution in [3.63, 3.8) is 0 Å². The molecule has 17 heavy (non-hydrogen) atoms. The Morgan fingerprint density at radius 2 is 2.12 bits per heavy atom. The SMILES string of the molecule is COC(=O)c1cc(CBr)c(OC)cc1[N+](=O)[O-]. The highest BCUT2D eigenvalue weighted by Gasteiger charge is 2.24. The zero-order chi connectivity index (χ0) is 13.0. The molecule has 0 amide bonds. The van der Waals surface area contributed by atoms with Crippen LogP contribution in [-0.4, -0.2) is 25.1 Å². The van der Waals surface area contributed by atoms with Crippen molar-refractivity contribution in [2.24, 2.45) is 0 Å². The minimum Gasteiger partial charge on any atom is -0.496 e. The summed E-state index contributed by atoms with van der Waals surface area (Å²) in [5.74, 6) is -0.400. The molecule has 0 radical (unpaired) electrons. The number of carbonyl (C=O) groups excluding carboxylic acids is 1. The summed E-state index contributed by atoms with van der Waals surface area (Å²) in [7, 11) is 2.58. The van der Waals surface area contributed by atoms with Gasteiger partial charge < -0.3 is 9.47 Å². The molecule has 0 aliphatic heterocycles. The van der Waals surface area contributed by atoms with E-state index < -0.39 is 10.9 Å². The van der Waals surface area contributed by atoms with Crippen LogP contribution in [0.5, 0.6) is 5.75 Å². The quantitative estimate of drug-likeness (QED) is 0.369. The molecule has 0 atom stereocenters. The van der Waals surface area contributed by atoms with E-state index in [-0.39, 0.29) is 11.3 Å². The van der Waals surface area contributed by atoms with Crippen LogP contribution >= 0.6 is 15.9 Å². The summed E-state index contributed by atoms with van der Waals surface area (Å²) in [6.07, 6.45) is 0. The van der Waals surface area contributed by atoms with Gasteiger partial charge in [0, 0.05) is 10.9 Å². The third-order valence-electron chi connectivity index (χ3n) is 2.14. The fourth-order valence-electron chi connectivity index (χ4n) is 1.33. The fraction of sp³-hybridized carbons (Fsp3) is 0.300. The molecule has 0 saturated heterocycles. The molecule has 0 spiro atoms. The van der Waals surface area contributed by atoms with Crippen LogP contribution in [0.3, 0.4) is 0 Å². The van der Waals surface area contributed by atoms with Crippen molar-refractivity contribution in [2.45, 2.75) is 5.33 Å². The largest absolute Gasteiger partial charge is 0.496 e. The highest BCUT2D eigenvalue weighted by molar-refractivity contribution is 9.08. The summed E-state index contributed by atoms with van der Waals surface area (Å²) >= 11 is 3.21. The van der Waals surface area contributed by atoms with E-state index in [1.165, 1.54) is 26.4 Å². The van der Waals surface area contributed by atoms with Gasteiger partial charge in [-0.1, -0.05) is 15.9 Å². The Morgan fingerprint density at radius 3 is 2.53 bits per heavy atom. The maximum absolute atomic E-state index is 11.4. The summed E-state index contributed by atoms with van der Waals surface area (Å²) in [5.41, 5.74) is 0.213. The van der Waals surface area contributed by atoms with Crippen LogP contribution in [0.2, 0.25) is 0 Å². The summed E-state index contributed by atoms with van der Waals surface area (Å²) in [4.78, 5) is 21.6. The zero-order valence-electron chi connectivity index (χ0n) is 9.23. The Labute approximate surface area is 106 Å². The number of benzene rings is 1. The molecular formula is C10H10BrNO5. The van der Waals surface area contributed by atoms with E-state index >= 15 is 0 Å². The lowest BCUT2D eigenvalue weighted by atomic mass is 10.1. The molecule has 6 nitrogen and oxygen atoms in total. The third kappa shape index (κ3) is 2.73. The first kappa shape index (κ1) is 13.4. The van der Waals surface area contributed by atoms with E-state index in [1.807, 2.05) is 0 Å². The molecule has 0 aliphatic rings. The number of nitrogens with zero attached hydrogens (tertiary/aromatic N) is 1. The molecule has 0 N–H and O–H groups in total. The van der Waals surface area contributed by atoms with Crippen molar-refractivity contribution >= 4 is 27.6 Å². The van der Waals surface area contributed by atoms with Gasteiger partial charge in [-0.05, 0) is 6.07 Å². The summed E-state index contributed by atoms with van der Waals surface area (Å²) in [6.45, 7) is 0. The van der Waals surface area contributed by atoms with Gasteiger partial charge in [0.15, 0.2) is 0 Å². The molecule has 0 aliphatic carbocycles. The maximum atomic E-state index is 11.4. The van der Waals surface area contributed by atoms with E-state index in [2.05, 4.69) is 20.7 Å². The second kappa shape index (κ2) is 5.62. The van der Waals surface area contributed by atoms with Crippen molar-refractivity contribution in [3.8, 4) is 5.75 Å². The molecule has 1 rings (SSSR count). The van der Waals surface area contributed by atoms with Gasteiger partial charge in [0.05, 0.1) is 25.2 Å². The van der Waals surface area contributed by atoms with Crippen LogP contribution < -0.4 is 4.74 Å². The molecule has 0 heterocycles. The number of nitro benzene ring substituents is 1. The molecule has 0 fully saturated rings.